The molecule has 0 N–H and O–H groups in total. The molecule has 0 amide bonds. The van der Waals surface area contributed by atoms with Gasteiger partial charge in [0.25, 0.3) is 0 Å². The van der Waals surface area contributed by atoms with Crippen LogP contribution in [-0.2, 0) is 6.67 Å². The van der Waals surface area contributed by atoms with Crippen LogP contribution >= 0.6 is 11.3 Å². The van der Waals surface area contributed by atoms with Gasteiger partial charge < -0.3 is 0 Å². The van der Waals surface area contributed by atoms with Gasteiger partial charge in [0, 0.05) is 26.9 Å². The Bertz CT molecular complexity index is 1520. The first-order valence-corrected chi connectivity index (χ1v) is 9.39. The first-order chi connectivity index (χ1) is 12.4. The van der Waals surface area contributed by atoms with Crippen LogP contribution in [0.2, 0.25) is 0 Å². The summed E-state index contributed by atoms with van der Waals surface area (Å²) in [6.07, 6.45) is 2.22. The standard InChI is InChI=1S/C22H13N2S/c1-2-5-16-14(4-1)15-9-7-13-8-10-17-20-19(13)21(15)24(16)12-23-11-3-6-18(25-17)22(20)23/h1-11H,12H2/q+1. The fourth-order valence-corrected chi connectivity index (χ4v) is 5.81. The summed E-state index contributed by atoms with van der Waals surface area (Å²) in [6.45, 7) is 0.862. The van der Waals surface area contributed by atoms with Crippen molar-refractivity contribution >= 4 is 64.2 Å². The molecule has 0 bridgehead atoms. The summed E-state index contributed by atoms with van der Waals surface area (Å²) in [4.78, 5) is 0. The maximum Gasteiger partial charge on any atom is 0.233 e. The maximum absolute atomic E-state index is 2.50. The van der Waals surface area contributed by atoms with Gasteiger partial charge >= 0.3 is 0 Å². The topological polar surface area (TPSA) is 8.81 Å². The molecule has 0 radical (unpaired) electrons. The largest absolute Gasteiger partial charge is 0.284 e. The highest BCUT2D eigenvalue weighted by atomic mass is 32.1. The van der Waals surface area contributed by atoms with Gasteiger partial charge in [-0.15, -0.1) is 11.3 Å². The van der Waals surface area contributed by atoms with Gasteiger partial charge in [0.15, 0.2) is 6.20 Å². The molecule has 1 aliphatic heterocycles. The molecule has 4 heterocycles. The van der Waals surface area contributed by atoms with Crippen molar-refractivity contribution in [3.63, 3.8) is 0 Å². The zero-order valence-corrected chi connectivity index (χ0v) is 14.2. The lowest BCUT2D eigenvalue weighted by atomic mass is 10.0. The van der Waals surface area contributed by atoms with Gasteiger partial charge in [-0.3, -0.25) is 4.57 Å². The number of aromatic nitrogens is 2. The molecule has 0 spiro atoms. The van der Waals surface area contributed by atoms with Crippen molar-refractivity contribution < 1.29 is 4.57 Å². The zero-order chi connectivity index (χ0) is 16.1. The predicted octanol–water partition coefficient (Wildman–Crippen LogP) is 5.42. The number of benzene rings is 3. The molecular weight excluding hydrogens is 324 g/mol. The number of nitrogens with zero attached hydrogens (tertiary/aromatic N) is 2. The van der Waals surface area contributed by atoms with E-state index >= 15 is 0 Å². The summed E-state index contributed by atoms with van der Waals surface area (Å²) in [5.41, 5.74) is 4.08. The Kier molecular flexibility index (Phi) is 2.00. The maximum atomic E-state index is 2.50. The van der Waals surface area contributed by atoms with Crippen LogP contribution in [0.1, 0.15) is 0 Å². The van der Waals surface area contributed by atoms with Crippen LogP contribution in [-0.4, -0.2) is 4.57 Å². The molecule has 0 atom stereocenters. The minimum atomic E-state index is 0.862. The van der Waals surface area contributed by atoms with Crippen LogP contribution in [0.3, 0.4) is 0 Å². The Morgan fingerprint density at radius 3 is 2.72 bits per heavy atom. The SMILES string of the molecule is c1ccc2c(c1)c1ccc3ccc4sc5ccc[n+]6c5c4c3c1n2C6. The lowest BCUT2D eigenvalue weighted by Gasteiger charge is -2.04. The average molecular weight is 337 g/mol. The smallest absolute Gasteiger partial charge is 0.233 e. The summed E-state index contributed by atoms with van der Waals surface area (Å²) >= 11 is 1.91. The first-order valence-electron chi connectivity index (χ1n) is 8.57. The highest BCUT2D eigenvalue weighted by Crippen LogP contribution is 2.43. The lowest BCUT2D eigenvalue weighted by molar-refractivity contribution is -0.674. The highest BCUT2D eigenvalue weighted by Gasteiger charge is 2.26. The summed E-state index contributed by atoms with van der Waals surface area (Å²) < 4.78 is 7.67. The molecule has 0 saturated carbocycles. The third-order valence-electron chi connectivity index (χ3n) is 5.66. The quantitative estimate of drug-likeness (QED) is 0.327. The Morgan fingerprint density at radius 2 is 1.72 bits per heavy atom. The minimum absolute atomic E-state index is 0.862. The van der Waals surface area contributed by atoms with E-state index in [-0.39, 0.29) is 0 Å². The number of para-hydroxylation sites is 1. The molecule has 3 aromatic carbocycles. The van der Waals surface area contributed by atoms with Crippen molar-refractivity contribution in [1.82, 2.24) is 4.57 Å². The minimum Gasteiger partial charge on any atom is -0.284 e. The first kappa shape index (κ1) is 12.5. The number of fused-ring (bicyclic) bond motifs is 3. The Labute approximate surface area is 147 Å². The van der Waals surface area contributed by atoms with Gasteiger partial charge in [0.1, 0.15) is 4.70 Å². The van der Waals surface area contributed by atoms with Crippen LogP contribution in [0.25, 0.3) is 52.9 Å². The second kappa shape index (κ2) is 4.01. The fourth-order valence-electron chi connectivity index (χ4n) is 4.67. The van der Waals surface area contributed by atoms with Crippen LogP contribution in [0.5, 0.6) is 0 Å². The van der Waals surface area contributed by atoms with Gasteiger partial charge in [-0.25, -0.2) is 0 Å². The molecule has 2 nitrogen and oxygen atoms in total. The van der Waals surface area contributed by atoms with E-state index in [2.05, 4.69) is 76.0 Å². The van der Waals surface area contributed by atoms with Gasteiger partial charge in [0.2, 0.25) is 12.2 Å². The van der Waals surface area contributed by atoms with Gasteiger partial charge in [0.05, 0.1) is 16.4 Å². The second-order valence-corrected chi connectivity index (χ2v) is 7.96. The molecule has 25 heavy (non-hydrogen) atoms. The molecule has 1 aliphatic rings. The lowest BCUT2D eigenvalue weighted by Crippen LogP contribution is -2.36. The number of rotatable bonds is 0. The van der Waals surface area contributed by atoms with Crippen molar-refractivity contribution in [2.45, 2.75) is 6.67 Å². The summed E-state index contributed by atoms with van der Waals surface area (Å²) in [7, 11) is 0. The Hall–Kier alpha value is -2.91. The highest BCUT2D eigenvalue weighted by molar-refractivity contribution is 7.25. The average Bonchev–Trinajstić information content (AvgIpc) is 3.13. The van der Waals surface area contributed by atoms with Crippen molar-refractivity contribution in [2.75, 3.05) is 0 Å². The third kappa shape index (κ3) is 1.33. The Balaban J connectivity index is 1.95. The van der Waals surface area contributed by atoms with E-state index in [0.29, 0.717) is 0 Å². The van der Waals surface area contributed by atoms with Crippen LogP contribution in [0, 0.1) is 0 Å². The Morgan fingerprint density at radius 1 is 0.800 bits per heavy atom. The van der Waals surface area contributed by atoms with E-state index in [1.54, 1.807) is 0 Å². The monoisotopic (exact) mass is 337 g/mol. The van der Waals surface area contributed by atoms with E-state index in [9.17, 15) is 0 Å². The number of hydrogen-bond acceptors (Lipinski definition) is 1. The van der Waals surface area contributed by atoms with Crippen molar-refractivity contribution in [3.05, 3.63) is 66.9 Å². The van der Waals surface area contributed by atoms with E-state index in [0.717, 1.165) is 6.67 Å². The van der Waals surface area contributed by atoms with E-state index in [4.69, 9.17) is 0 Å². The summed E-state index contributed by atoms with van der Waals surface area (Å²) in [6, 6.07) is 22.4. The van der Waals surface area contributed by atoms with Crippen LogP contribution in [0.15, 0.2) is 66.9 Å². The molecule has 116 valence electrons. The van der Waals surface area contributed by atoms with Crippen molar-refractivity contribution in [2.24, 2.45) is 0 Å². The van der Waals surface area contributed by atoms with E-state index in [1.807, 2.05) is 11.3 Å². The fraction of sp³-hybridized carbons (Fsp3) is 0.0455. The molecule has 7 rings (SSSR count). The van der Waals surface area contributed by atoms with E-state index < -0.39 is 0 Å². The predicted molar refractivity (Wildman–Crippen MR) is 105 cm³/mol. The number of hydrogen-bond donors (Lipinski definition) is 0. The molecule has 0 fully saturated rings. The molecule has 3 aromatic heterocycles. The van der Waals surface area contributed by atoms with Crippen LogP contribution in [0.4, 0.5) is 0 Å². The molecule has 6 aromatic rings. The molecular formula is C22H13N2S+. The second-order valence-electron chi connectivity index (χ2n) is 6.88. The van der Waals surface area contributed by atoms with Crippen molar-refractivity contribution in [3.8, 4) is 0 Å². The molecule has 0 aliphatic carbocycles. The van der Waals surface area contributed by atoms with Crippen molar-refractivity contribution in [1.29, 1.82) is 0 Å². The summed E-state index contributed by atoms with van der Waals surface area (Å²) in [5, 5.41) is 6.88. The molecule has 0 unspecified atom stereocenters. The molecule has 3 heteroatoms. The van der Waals surface area contributed by atoms with Gasteiger partial charge in [-0.1, -0.05) is 36.4 Å². The van der Waals surface area contributed by atoms with Gasteiger partial charge in [-0.2, -0.15) is 4.57 Å². The zero-order valence-electron chi connectivity index (χ0n) is 13.4. The molecule has 0 saturated heterocycles. The van der Waals surface area contributed by atoms with E-state index in [1.165, 1.54) is 52.9 Å². The van der Waals surface area contributed by atoms with Crippen LogP contribution < -0.4 is 4.57 Å². The normalized spacial score (nSPS) is 13.4. The third-order valence-corrected chi connectivity index (χ3v) is 6.77. The number of thiophene rings is 1. The summed E-state index contributed by atoms with van der Waals surface area (Å²) in [5.74, 6) is 0. The number of pyridine rings is 1. The van der Waals surface area contributed by atoms with Gasteiger partial charge in [-0.05, 0) is 23.6 Å².